The van der Waals surface area contributed by atoms with Gasteiger partial charge >= 0.3 is 12.1 Å². The Labute approximate surface area is 148 Å². The van der Waals surface area contributed by atoms with Crippen molar-refractivity contribution in [2.24, 2.45) is 0 Å². The smallest absolute Gasteiger partial charge is 0.493 e. The molecule has 0 saturated carbocycles. The van der Waals surface area contributed by atoms with Crippen LogP contribution in [0.3, 0.4) is 0 Å². The Balaban J connectivity index is 2.00. The summed E-state index contributed by atoms with van der Waals surface area (Å²) in [6, 6.07) is 8.14. The third-order valence-corrected chi connectivity index (χ3v) is 3.84. The molecule has 1 N–H and O–H groups in total. The van der Waals surface area contributed by atoms with Crippen LogP contribution in [0.4, 0.5) is 24.7 Å². The van der Waals surface area contributed by atoms with E-state index in [-0.39, 0.29) is 11.5 Å². The number of carbonyl (C=O) groups excluding carboxylic acids is 1. The molecular formula is C15H11BrF3N3O3. The Hall–Kier alpha value is -2.49. The van der Waals surface area contributed by atoms with Gasteiger partial charge in [-0.15, -0.1) is 0 Å². The molecule has 0 radical (unpaired) electrons. The highest BCUT2D eigenvalue weighted by molar-refractivity contribution is 9.10. The molecule has 132 valence electrons. The lowest BCUT2D eigenvalue weighted by Gasteiger charge is -2.25. The van der Waals surface area contributed by atoms with Gasteiger partial charge in [0.25, 0.3) is 0 Å². The number of aromatic nitrogens is 1. The van der Waals surface area contributed by atoms with Crippen LogP contribution in [0.15, 0.2) is 41.0 Å². The maximum absolute atomic E-state index is 12.6. The molecule has 0 bridgehead atoms. The fraction of sp³-hybridized carbons (Fsp3) is 0.200. The van der Waals surface area contributed by atoms with E-state index in [9.17, 15) is 18.0 Å². The monoisotopic (exact) mass is 417 g/mol. The summed E-state index contributed by atoms with van der Waals surface area (Å²) in [5, 5.41) is 3.77. The van der Waals surface area contributed by atoms with E-state index in [0.29, 0.717) is 15.8 Å². The quantitative estimate of drug-likeness (QED) is 0.819. The molecule has 2 heterocycles. The van der Waals surface area contributed by atoms with Crippen LogP contribution in [0.25, 0.3) is 0 Å². The number of hydrogen-bond acceptors (Lipinski definition) is 6. The number of pyridine rings is 1. The molecule has 1 aromatic heterocycles. The van der Waals surface area contributed by atoms with Gasteiger partial charge in [0.05, 0.1) is 7.11 Å². The van der Waals surface area contributed by atoms with E-state index in [1.165, 1.54) is 19.4 Å². The molecule has 1 aliphatic rings. The molecule has 0 aliphatic carbocycles. The van der Waals surface area contributed by atoms with Gasteiger partial charge in [-0.25, -0.2) is 9.78 Å². The number of fused-ring (bicyclic) bond motifs is 1. The van der Waals surface area contributed by atoms with Crippen LogP contribution >= 0.6 is 15.9 Å². The van der Waals surface area contributed by atoms with E-state index in [0.717, 1.165) is 5.06 Å². The first-order valence-electron chi connectivity index (χ1n) is 6.94. The van der Waals surface area contributed by atoms with Gasteiger partial charge in [-0.05, 0) is 34.1 Å². The van der Waals surface area contributed by atoms with Gasteiger partial charge in [0.1, 0.15) is 11.4 Å². The van der Waals surface area contributed by atoms with Gasteiger partial charge in [-0.1, -0.05) is 12.1 Å². The zero-order chi connectivity index (χ0) is 18.2. The summed E-state index contributed by atoms with van der Waals surface area (Å²) < 4.78 is 43.6. The molecule has 1 aliphatic heterocycles. The van der Waals surface area contributed by atoms with E-state index in [1.807, 2.05) is 0 Å². The molecule has 6 nitrogen and oxygen atoms in total. The predicted octanol–water partition coefficient (Wildman–Crippen LogP) is 3.80. The maximum atomic E-state index is 12.6. The van der Waals surface area contributed by atoms with Crippen molar-refractivity contribution < 1.29 is 27.5 Å². The molecule has 1 atom stereocenters. The summed E-state index contributed by atoms with van der Waals surface area (Å²) in [7, 11) is 1.47. The van der Waals surface area contributed by atoms with Gasteiger partial charge in [0.2, 0.25) is 0 Å². The molecular weight excluding hydrogens is 407 g/mol. The Morgan fingerprint density at radius 3 is 2.80 bits per heavy atom. The van der Waals surface area contributed by atoms with Crippen LogP contribution < -0.4 is 15.1 Å². The Kier molecular flexibility index (Phi) is 4.46. The lowest BCUT2D eigenvalue weighted by molar-refractivity contribution is -0.201. The van der Waals surface area contributed by atoms with Crippen LogP contribution in [-0.2, 0) is 9.63 Å². The van der Waals surface area contributed by atoms with E-state index in [4.69, 9.17) is 4.74 Å². The topological polar surface area (TPSA) is 63.7 Å². The van der Waals surface area contributed by atoms with Gasteiger partial charge in [-0.3, -0.25) is 0 Å². The minimum absolute atomic E-state index is 0.194. The summed E-state index contributed by atoms with van der Waals surface area (Å²) in [5.41, 5.74) is 0.725. The summed E-state index contributed by atoms with van der Waals surface area (Å²) in [4.78, 5) is 20.0. The van der Waals surface area contributed by atoms with E-state index in [2.05, 4.69) is 31.1 Å². The van der Waals surface area contributed by atoms with Gasteiger partial charge in [-0.2, -0.15) is 18.2 Å². The molecule has 1 aromatic carbocycles. The molecule has 10 heteroatoms. The van der Waals surface area contributed by atoms with Crippen molar-refractivity contribution in [3.05, 3.63) is 46.6 Å². The molecule has 3 rings (SSSR count). The zero-order valence-corrected chi connectivity index (χ0v) is 14.3. The van der Waals surface area contributed by atoms with Gasteiger partial charge in [0, 0.05) is 16.2 Å². The number of rotatable bonds is 3. The second-order valence-electron chi connectivity index (χ2n) is 5.05. The Morgan fingerprint density at radius 2 is 2.12 bits per heavy atom. The van der Waals surface area contributed by atoms with Crippen molar-refractivity contribution >= 4 is 33.4 Å². The second-order valence-corrected chi connectivity index (χ2v) is 5.96. The summed E-state index contributed by atoms with van der Waals surface area (Å²) in [5.74, 6) is -1.53. The van der Waals surface area contributed by atoms with Gasteiger partial charge in [0.15, 0.2) is 12.0 Å². The Bertz CT molecular complexity index is 816. The van der Waals surface area contributed by atoms with E-state index < -0.39 is 18.3 Å². The van der Waals surface area contributed by atoms with Crippen molar-refractivity contribution in [2.45, 2.75) is 12.3 Å². The Morgan fingerprint density at radius 1 is 1.36 bits per heavy atom. The predicted molar refractivity (Wildman–Crippen MR) is 85.9 cm³/mol. The first kappa shape index (κ1) is 17.3. The lowest BCUT2D eigenvalue weighted by atomic mass is 10.1. The summed E-state index contributed by atoms with van der Waals surface area (Å²) in [6.07, 6.45) is -4.54. The van der Waals surface area contributed by atoms with E-state index in [1.54, 1.807) is 24.3 Å². The average molecular weight is 418 g/mol. The summed E-state index contributed by atoms with van der Waals surface area (Å²) >= 11 is 3.20. The van der Waals surface area contributed by atoms with Crippen LogP contribution in [0.5, 0.6) is 5.75 Å². The number of alkyl halides is 3. The molecule has 1 unspecified atom stereocenters. The first-order valence-corrected chi connectivity index (χ1v) is 7.73. The number of benzene rings is 1. The number of ether oxygens (including phenoxy) is 1. The third kappa shape index (κ3) is 3.48. The number of carbonyl (C=O) groups is 1. The van der Waals surface area contributed by atoms with Crippen molar-refractivity contribution in [3.63, 3.8) is 0 Å². The first-order chi connectivity index (χ1) is 11.8. The van der Waals surface area contributed by atoms with Crippen LogP contribution in [0.1, 0.15) is 11.7 Å². The van der Waals surface area contributed by atoms with Gasteiger partial charge < -0.3 is 14.9 Å². The number of nitrogens with one attached hydrogen (secondary N) is 1. The van der Waals surface area contributed by atoms with Crippen LogP contribution in [-0.4, -0.2) is 24.2 Å². The fourth-order valence-electron chi connectivity index (χ4n) is 2.31. The van der Waals surface area contributed by atoms with Crippen LogP contribution in [0.2, 0.25) is 0 Å². The normalized spacial score (nSPS) is 16.2. The van der Waals surface area contributed by atoms with Crippen LogP contribution in [0, 0.1) is 0 Å². The molecule has 0 saturated heterocycles. The number of nitrogens with zero attached hydrogens (tertiary/aromatic N) is 2. The van der Waals surface area contributed by atoms with Crippen molar-refractivity contribution in [2.75, 3.05) is 17.5 Å². The minimum atomic E-state index is -5.12. The third-order valence-electron chi connectivity index (χ3n) is 3.40. The number of halogens is 4. The summed E-state index contributed by atoms with van der Waals surface area (Å²) in [6.45, 7) is 0. The highest BCUT2D eigenvalue weighted by Crippen LogP contribution is 2.42. The number of hydroxylamine groups is 1. The van der Waals surface area contributed by atoms with Crippen molar-refractivity contribution in [1.82, 2.24) is 4.98 Å². The maximum Gasteiger partial charge on any atom is 0.493 e. The number of anilines is 2. The molecule has 0 amide bonds. The number of hydrogen-bond donors (Lipinski definition) is 1. The molecule has 25 heavy (non-hydrogen) atoms. The molecule has 0 spiro atoms. The largest absolute Gasteiger partial charge is 0.497 e. The number of methoxy groups -OCH3 is 1. The second kappa shape index (κ2) is 6.43. The fourth-order valence-corrected chi connectivity index (χ4v) is 2.63. The van der Waals surface area contributed by atoms with Crippen molar-refractivity contribution in [1.29, 1.82) is 0 Å². The highest BCUT2D eigenvalue weighted by atomic mass is 79.9. The minimum Gasteiger partial charge on any atom is -0.497 e. The van der Waals surface area contributed by atoms with Crippen molar-refractivity contribution in [3.8, 4) is 5.75 Å². The average Bonchev–Trinajstić information content (AvgIpc) is 2.92. The SMILES string of the molecule is COc1cccc(C2Nc3ncc(Br)cc3N2OC(=O)C(F)(F)F)c1. The molecule has 0 fully saturated rings. The van der Waals surface area contributed by atoms with E-state index >= 15 is 0 Å². The zero-order valence-electron chi connectivity index (χ0n) is 12.7. The molecule has 2 aromatic rings. The lowest BCUT2D eigenvalue weighted by Crippen LogP contribution is -2.36. The highest BCUT2D eigenvalue weighted by Gasteiger charge is 2.45. The standard InChI is InChI=1S/C15H11BrF3N3O3/c1-24-10-4-2-3-8(5-10)13-21-12-11(6-9(16)7-20-12)22(13)25-14(23)15(17,18)19/h2-7,13H,1H3,(H,20,21).